The van der Waals surface area contributed by atoms with Crippen LogP contribution in [0.1, 0.15) is 50.6 Å². The van der Waals surface area contributed by atoms with E-state index >= 15 is 0 Å². The lowest BCUT2D eigenvalue weighted by Crippen LogP contribution is -2.35. The van der Waals surface area contributed by atoms with E-state index in [0.717, 1.165) is 24.2 Å². The normalized spacial score (nSPS) is 20.7. The number of rotatable bonds is 6. The summed E-state index contributed by atoms with van der Waals surface area (Å²) in [4.78, 5) is 26.9. The van der Waals surface area contributed by atoms with E-state index < -0.39 is 0 Å². The van der Waals surface area contributed by atoms with Crippen LogP contribution in [-0.4, -0.2) is 29.3 Å². The first kappa shape index (κ1) is 19.5. The number of nitrogens with zero attached hydrogens (tertiary/aromatic N) is 1. The van der Waals surface area contributed by atoms with Gasteiger partial charge in [0.2, 0.25) is 11.8 Å². The summed E-state index contributed by atoms with van der Waals surface area (Å²) in [6, 6.07) is 18.6. The molecule has 5 nitrogen and oxygen atoms in total. The van der Waals surface area contributed by atoms with Gasteiger partial charge in [0.25, 0.3) is 0 Å². The van der Waals surface area contributed by atoms with Gasteiger partial charge < -0.3 is 15.5 Å². The zero-order valence-corrected chi connectivity index (χ0v) is 16.9. The van der Waals surface area contributed by atoms with E-state index in [1.165, 1.54) is 18.4 Å². The van der Waals surface area contributed by atoms with Crippen LogP contribution in [0.4, 0.5) is 11.4 Å². The van der Waals surface area contributed by atoms with Crippen LogP contribution in [0.3, 0.4) is 0 Å². The molecule has 2 amide bonds. The van der Waals surface area contributed by atoms with Gasteiger partial charge in [-0.25, -0.2) is 0 Å². The SMILES string of the molecule is CC(Nc1ccc(NC(=O)C2CC(=O)N(C3CCCC3)C2)cc1)c1ccccc1. The first-order chi connectivity index (χ1) is 14.1. The summed E-state index contributed by atoms with van der Waals surface area (Å²) >= 11 is 0. The molecule has 0 radical (unpaired) electrons. The molecule has 2 N–H and O–H groups in total. The molecule has 152 valence electrons. The second-order valence-corrected chi connectivity index (χ2v) is 8.23. The molecule has 2 aliphatic rings. The van der Waals surface area contributed by atoms with Crippen LogP contribution in [0.2, 0.25) is 0 Å². The quantitative estimate of drug-likeness (QED) is 0.757. The largest absolute Gasteiger partial charge is 0.379 e. The number of anilines is 2. The molecule has 2 unspecified atom stereocenters. The number of hydrogen-bond acceptors (Lipinski definition) is 3. The molecule has 0 aromatic heterocycles. The zero-order valence-electron chi connectivity index (χ0n) is 16.9. The van der Waals surface area contributed by atoms with E-state index in [4.69, 9.17) is 0 Å². The number of amides is 2. The minimum Gasteiger partial charge on any atom is -0.379 e. The van der Waals surface area contributed by atoms with Gasteiger partial charge in [0.1, 0.15) is 0 Å². The summed E-state index contributed by atoms with van der Waals surface area (Å²) < 4.78 is 0. The van der Waals surface area contributed by atoms with E-state index in [0.29, 0.717) is 19.0 Å². The van der Waals surface area contributed by atoms with Crippen molar-refractivity contribution in [3.05, 3.63) is 60.2 Å². The lowest BCUT2D eigenvalue weighted by Gasteiger charge is -2.23. The molecule has 5 heteroatoms. The Morgan fingerprint density at radius 3 is 2.34 bits per heavy atom. The van der Waals surface area contributed by atoms with Crippen molar-refractivity contribution in [2.45, 2.75) is 51.1 Å². The molecule has 1 aliphatic heterocycles. The monoisotopic (exact) mass is 391 g/mol. The fourth-order valence-electron chi connectivity index (χ4n) is 4.45. The van der Waals surface area contributed by atoms with Crippen molar-refractivity contribution >= 4 is 23.2 Å². The van der Waals surface area contributed by atoms with Crippen molar-refractivity contribution in [2.24, 2.45) is 5.92 Å². The van der Waals surface area contributed by atoms with Crippen LogP contribution in [0.25, 0.3) is 0 Å². The predicted octanol–water partition coefficient (Wildman–Crippen LogP) is 4.59. The molecule has 4 rings (SSSR count). The lowest BCUT2D eigenvalue weighted by molar-refractivity contribution is -0.129. The van der Waals surface area contributed by atoms with Crippen molar-refractivity contribution in [3.63, 3.8) is 0 Å². The Morgan fingerprint density at radius 1 is 1.00 bits per heavy atom. The second kappa shape index (κ2) is 8.68. The highest BCUT2D eigenvalue weighted by Crippen LogP contribution is 2.30. The molecular weight excluding hydrogens is 362 g/mol. The number of benzene rings is 2. The maximum absolute atomic E-state index is 12.7. The molecule has 2 atom stereocenters. The van der Waals surface area contributed by atoms with Crippen LogP contribution in [0.15, 0.2) is 54.6 Å². The molecule has 0 spiro atoms. The molecule has 1 aliphatic carbocycles. The van der Waals surface area contributed by atoms with Crippen LogP contribution < -0.4 is 10.6 Å². The molecule has 2 aromatic carbocycles. The Balaban J connectivity index is 1.31. The Kier molecular flexibility index (Phi) is 5.84. The second-order valence-electron chi connectivity index (χ2n) is 8.23. The van der Waals surface area contributed by atoms with E-state index in [1.54, 1.807) is 0 Å². The van der Waals surface area contributed by atoms with Crippen LogP contribution in [-0.2, 0) is 9.59 Å². The molecule has 1 saturated heterocycles. The van der Waals surface area contributed by atoms with Crippen LogP contribution in [0, 0.1) is 5.92 Å². The first-order valence-corrected chi connectivity index (χ1v) is 10.6. The van der Waals surface area contributed by atoms with Crippen molar-refractivity contribution in [1.29, 1.82) is 0 Å². The zero-order chi connectivity index (χ0) is 20.2. The van der Waals surface area contributed by atoms with Crippen molar-refractivity contribution in [2.75, 3.05) is 17.2 Å². The third-order valence-electron chi connectivity index (χ3n) is 6.13. The maximum atomic E-state index is 12.7. The van der Waals surface area contributed by atoms with Gasteiger partial charge in [-0.1, -0.05) is 43.2 Å². The van der Waals surface area contributed by atoms with Gasteiger partial charge in [-0.3, -0.25) is 9.59 Å². The fourth-order valence-corrected chi connectivity index (χ4v) is 4.45. The smallest absolute Gasteiger partial charge is 0.229 e. The van der Waals surface area contributed by atoms with Gasteiger partial charge in [-0.05, 0) is 49.6 Å². The van der Waals surface area contributed by atoms with E-state index in [1.807, 2.05) is 47.4 Å². The van der Waals surface area contributed by atoms with Crippen molar-refractivity contribution < 1.29 is 9.59 Å². The molecule has 1 saturated carbocycles. The number of nitrogens with one attached hydrogen (secondary N) is 2. The van der Waals surface area contributed by atoms with Gasteiger partial charge >= 0.3 is 0 Å². The lowest BCUT2D eigenvalue weighted by atomic mass is 10.1. The number of likely N-dealkylation sites (tertiary alicyclic amines) is 1. The Hall–Kier alpha value is -2.82. The molecular formula is C24H29N3O2. The van der Waals surface area contributed by atoms with Gasteiger partial charge in [-0.2, -0.15) is 0 Å². The van der Waals surface area contributed by atoms with Gasteiger partial charge in [-0.15, -0.1) is 0 Å². The van der Waals surface area contributed by atoms with Crippen LogP contribution >= 0.6 is 0 Å². The molecule has 1 heterocycles. The van der Waals surface area contributed by atoms with Crippen molar-refractivity contribution in [3.8, 4) is 0 Å². The number of carbonyl (C=O) groups excluding carboxylic acids is 2. The van der Waals surface area contributed by atoms with Gasteiger partial charge in [0, 0.05) is 36.4 Å². The third-order valence-corrected chi connectivity index (χ3v) is 6.13. The van der Waals surface area contributed by atoms with E-state index in [2.05, 4.69) is 29.7 Å². The molecule has 0 bridgehead atoms. The van der Waals surface area contributed by atoms with Gasteiger partial charge in [0.15, 0.2) is 0 Å². The average Bonchev–Trinajstić information content (AvgIpc) is 3.39. The van der Waals surface area contributed by atoms with Gasteiger partial charge in [0.05, 0.1) is 5.92 Å². The third kappa shape index (κ3) is 4.61. The Labute approximate surface area is 172 Å². The summed E-state index contributed by atoms with van der Waals surface area (Å²) in [7, 11) is 0. The van der Waals surface area contributed by atoms with E-state index in [-0.39, 0.29) is 23.8 Å². The van der Waals surface area contributed by atoms with Crippen molar-refractivity contribution in [1.82, 2.24) is 4.90 Å². The molecule has 2 aromatic rings. The highest BCUT2D eigenvalue weighted by Gasteiger charge is 2.38. The number of carbonyl (C=O) groups is 2. The Morgan fingerprint density at radius 2 is 1.66 bits per heavy atom. The highest BCUT2D eigenvalue weighted by atomic mass is 16.2. The first-order valence-electron chi connectivity index (χ1n) is 10.6. The fraction of sp³-hybridized carbons (Fsp3) is 0.417. The maximum Gasteiger partial charge on any atom is 0.229 e. The minimum absolute atomic E-state index is 0.0581. The Bertz CT molecular complexity index is 844. The molecule has 2 fully saturated rings. The summed E-state index contributed by atoms with van der Waals surface area (Å²) in [6.45, 7) is 2.68. The number of hydrogen-bond donors (Lipinski definition) is 2. The average molecular weight is 392 g/mol. The minimum atomic E-state index is -0.251. The topological polar surface area (TPSA) is 61.4 Å². The summed E-state index contributed by atoms with van der Waals surface area (Å²) in [5.41, 5.74) is 2.99. The van der Waals surface area contributed by atoms with E-state index in [9.17, 15) is 9.59 Å². The highest BCUT2D eigenvalue weighted by molar-refractivity contribution is 5.97. The van der Waals surface area contributed by atoms with Crippen LogP contribution in [0.5, 0.6) is 0 Å². The summed E-state index contributed by atoms with van der Waals surface area (Å²) in [5.74, 6) is -0.178. The summed E-state index contributed by atoms with van der Waals surface area (Å²) in [5, 5.41) is 6.45. The molecule has 29 heavy (non-hydrogen) atoms. The summed E-state index contributed by atoms with van der Waals surface area (Å²) in [6.07, 6.45) is 4.87. The predicted molar refractivity (Wildman–Crippen MR) is 116 cm³/mol. The standard InChI is InChI=1S/C24H29N3O2/c1-17(18-7-3-2-4-8-18)25-20-11-13-21(14-12-20)26-24(29)19-15-23(28)27(16-19)22-9-5-6-10-22/h2-4,7-8,11-14,17,19,22,25H,5-6,9-10,15-16H2,1H3,(H,26,29).